The Hall–Kier alpha value is -2.43. The predicted octanol–water partition coefficient (Wildman–Crippen LogP) is 7.43. The lowest BCUT2D eigenvalue weighted by Gasteiger charge is -2.48. The van der Waals surface area contributed by atoms with Gasteiger partial charge in [-0.25, -0.2) is 0 Å². The maximum absolute atomic E-state index is 14.4. The van der Waals surface area contributed by atoms with Crippen molar-refractivity contribution in [2.24, 2.45) is 17.3 Å². The molecule has 2 aromatic carbocycles. The molecule has 202 valence electrons. The van der Waals surface area contributed by atoms with Crippen LogP contribution in [0, 0.1) is 17.3 Å². The van der Waals surface area contributed by atoms with Gasteiger partial charge in [-0.1, -0.05) is 95.6 Å². The number of benzene rings is 2. The summed E-state index contributed by atoms with van der Waals surface area (Å²) in [5.41, 5.74) is 5.47. The maximum atomic E-state index is 14.4. The highest BCUT2D eigenvalue weighted by Crippen LogP contribution is 2.61. The quantitative estimate of drug-likeness (QED) is 0.398. The fourth-order valence-corrected chi connectivity index (χ4v) is 8.10. The van der Waals surface area contributed by atoms with E-state index in [1.165, 1.54) is 23.1 Å². The second-order valence-electron chi connectivity index (χ2n) is 13.1. The monoisotopic (exact) mass is 514 g/mol. The van der Waals surface area contributed by atoms with E-state index in [-0.39, 0.29) is 23.4 Å². The fourth-order valence-electron chi connectivity index (χ4n) is 8.10. The number of fused-ring (bicyclic) bond motifs is 2. The molecule has 1 saturated heterocycles. The topological polar surface area (TPSA) is 44.8 Å². The van der Waals surface area contributed by atoms with Gasteiger partial charge in [0.05, 0.1) is 13.2 Å². The van der Waals surface area contributed by atoms with Crippen LogP contribution in [0.3, 0.4) is 0 Å². The predicted molar refractivity (Wildman–Crippen MR) is 150 cm³/mol. The summed E-state index contributed by atoms with van der Waals surface area (Å²) in [5.74, 6) is -0.403. The molecule has 0 bridgehead atoms. The Morgan fingerprint density at radius 1 is 0.974 bits per heavy atom. The van der Waals surface area contributed by atoms with E-state index in [4.69, 9.17) is 14.2 Å². The largest absolute Gasteiger partial charge is 0.461 e. The third-order valence-corrected chi connectivity index (χ3v) is 10.3. The molecule has 6 rings (SSSR count). The Balaban J connectivity index is 1.36. The third kappa shape index (κ3) is 3.90. The first-order chi connectivity index (χ1) is 18.2. The van der Waals surface area contributed by atoms with Crippen LogP contribution in [0.2, 0.25) is 0 Å². The molecule has 4 atom stereocenters. The normalized spacial score (nSPS) is 29.7. The van der Waals surface area contributed by atoms with Crippen molar-refractivity contribution in [3.05, 3.63) is 76.9 Å². The van der Waals surface area contributed by atoms with Crippen molar-refractivity contribution in [2.45, 2.75) is 89.9 Å². The Morgan fingerprint density at radius 2 is 1.66 bits per heavy atom. The molecule has 0 aromatic heterocycles. The molecule has 0 N–H and O–H groups in total. The van der Waals surface area contributed by atoms with Crippen molar-refractivity contribution >= 4 is 11.5 Å². The molecule has 1 unspecified atom stereocenters. The zero-order valence-electron chi connectivity index (χ0n) is 23.6. The van der Waals surface area contributed by atoms with Gasteiger partial charge >= 0.3 is 5.97 Å². The molecular weight excluding hydrogens is 472 g/mol. The van der Waals surface area contributed by atoms with Crippen LogP contribution in [0.25, 0.3) is 5.57 Å². The average molecular weight is 515 g/mol. The zero-order valence-corrected chi connectivity index (χ0v) is 23.6. The molecule has 38 heavy (non-hydrogen) atoms. The molecule has 1 saturated carbocycles. The van der Waals surface area contributed by atoms with Gasteiger partial charge in [0.1, 0.15) is 12.0 Å². The first kappa shape index (κ1) is 25.8. The van der Waals surface area contributed by atoms with E-state index >= 15 is 0 Å². The van der Waals surface area contributed by atoms with Crippen LogP contribution in [0.15, 0.2) is 60.2 Å². The second-order valence-corrected chi connectivity index (χ2v) is 13.1. The van der Waals surface area contributed by atoms with E-state index < -0.39 is 17.1 Å². The maximum Gasteiger partial charge on any atom is 0.317 e. The minimum atomic E-state index is -0.677. The summed E-state index contributed by atoms with van der Waals surface area (Å²) >= 11 is 0. The highest BCUT2D eigenvalue weighted by Gasteiger charge is 2.59. The molecule has 1 heterocycles. The first-order valence-electron chi connectivity index (χ1n) is 14.5. The number of ether oxygens (including phenoxy) is 3. The Labute approximate surface area is 227 Å². The minimum absolute atomic E-state index is 0.0932. The molecule has 2 aromatic rings. The Kier molecular flexibility index (Phi) is 6.35. The molecule has 3 aliphatic carbocycles. The standard InChI is InChI=1S/C34H42O4/c1-22-15-16-27(32(2,3)23-11-7-6-8-12-23)28(21-22)38-31(35)29-25-14-10-9-13-24(25)26-17-18-34(36-19-20-37-34)33(4,5)30(26)29/h6-14,22,27-29H,15-21H2,1-5H3/t22-,27-,28-,29?/m1/s1. The number of rotatable bonds is 4. The number of carbonyl (C=O) groups is 1. The first-order valence-corrected chi connectivity index (χ1v) is 14.5. The highest BCUT2D eigenvalue weighted by molar-refractivity contribution is 5.94. The summed E-state index contributed by atoms with van der Waals surface area (Å²) in [4.78, 5) is 14.4. The van der Waals surface area contributed by atoms with Gasteiger partial charge < -0.3 is 14.2 Å². The van der Waals surface area contributed by atoms with Crippen LogP contribution in [0.4, 0.5) is 0 Å². The van der Waals surface area contributed by atoms with Gasteiger partial charge in [0.25, 0.3) is 0 Å². The van der Waals surface area contributed by atoms with Crippen LogP contribution in [0.1, 0.15) is 89.3 Å². The molecule has 0 radical (unpaired) electrons. The van der Waals surface area contributed by atoms with Crippen LogP contribution < -0.4 is 0 Å². The minimum Gasteiger partial charge on any atom is -0.461 e. The van der Waals surface area contributed by atoms with Gasteiger partial charge in [-0.05, 0) is 58.4 Å². The van der Waals surface area contributed by atoms with Crippen LogP contribution >= 0.6 is 0 Å². The van der Waals surface area contributed by atoms with Crippen LogP contribution in [-0.2, 0) is 24.4 Å². The second kappa shape index (κ2) is 9.34. The summed E-state index contributed by atoms with van der Waals surface area (Å²) in [6.45, 7) is 12.5. The lowest BCUT2D eigenvalue weighted by molar-refractivity contribution is -0.223. The van der Waals surface area contributed by atoms with E-state index in [0.717, 1.165) is 36.8 Å². The molecule has 4 aliphatic rings. The SMILES string of the molecule is C[C@@H]1CC[C@@H](C(C)(C)c2ccccc2)[C@H](OC(=O)C2C3=C(CCC4(OCCO4)C3(C)C)c3ccccc32)C1. The van der Waals surface area contributed by atoms with Crippen molar-refractivity contribution < 1.29 is 19.0 Å². The highest BCUT2D eigenvalue weighted by atomic mass is 16.7. The number of allylic oxidation sites excluding steroid dienone is 1. The van der Waals surface area contributed by atoms with E-state index in [1.54, 1.807) is 0 Å². The van der Waals surface area contributed by atoms with E-state index in [1.807, 2.05) is 6.07 Å². The van der Waals surface area contributed by atoms with Gasteiger partial charge in [0.2, 0.25) is 0 Å². The lowest BCUT2D eigenvalue weighted by atomic mass is 9.64. The molecule has 2 fully saturated rings. The van der Waals surface area contributed by atoms with Gasteiger partial charge in [0.15, 0.2) is 5.79 Å². The van der Waals surface area contributed by atoms with E-state index in [2.05, 4.69) is 83.1 Å². The fraction of sp³-hybridized carbons (Fsp3) is 0.559. The summed E-state index contributed by atoms with van der Waals surface area (Å²) in [6, 6.07) is 19.1. The van der Waals surface area contributed by atoms with Crippen molar-refractivity contribution in [1.29, 1.82) is 0 Å². The molecule has 0 amide bonds. The van der Waals surface area contributed by atoms with E-state index in [9.17, 15) is 4.79 Å². The van der Waals surface area contributed by atoms with Gasteiger partial charge in [-0.2, -0.15) is 0 Å². The Bertz CT molecular complexity index is 1230. The summed E-state index contributed by atoms with van der Waals surface area (Å²) in [7, 11) is 0. The number of hydrogen-bond donors (Lipinski definition) is 0. The van der Waals surface area contributed by atoms with Crippen LogP contribution in [0.5, 0.6) is 0 Å². The van der Waals surface area contributed by atoms with Crippen molar-refractivity contribution in [3.8, 4) is 0 Å². The number of hydrogen-bond acceptors (Lipinski definition) is 4. The smallest absolute Gasteiger partial charge is 0.317 e. The van der Waals surface area contributed by atoms with Gasteiger partial charge in [-0.15, -0.1) is 0 Å². The van der Waals surface area contributed by atoms with E-state index in [0.29, 0.717) is 19.1 Å². The number of carbonyl (C=O) groups excluding carboxylic acids is 1. The molecule has 4 heteroatoms. The molecule has 1 aliphatic heterocycles. The average Bonchev–Trinajstić information content (AvgIpc) is 3.52. The zero-order chi connectivity index (χ0) is 26.7. The van der Waals surface area contributed by atoms with Gasteiger partial charge in [-0.3, -0.25) is 4.79 Å². The summed E-state index contributed by atoms with van der Waals surface area (Å²) in [5, 5.41) is 0. The third-order valence-electron chi connectivity index (χ3n) is 10.3. The molecule has 4 nitrogen and oxygen atoms in total. The Morgan fingerprint density at radius 3 is 2.39 bits per heavy atom. The molecule has 1 spiro atoms. The van der Waals surface area contributed by atoms with Crippen molar-refractivity contribution in [3.63, 3.8) is 0 Å². The van der Waals surface area contributed by atoms with Crippen molar-refractivity contribution in [1.82, 2.24) is 0 Å². The molecular formula is C34H42O4. The summed E-state index contributed by atoms with van der Waals surface area (Å²) < 4.78 is 19.3. The van der Waals surface area contributed by atoms with Gasteiger partial charge in [0, 0.05) is 17.8 Å². The van der Waals surface area contributed by atoms with Crippen molar-refractivity contribution in [2.75, 3.05) is 13.2 Å². The lowest BCUT2D eigenvalue weighted by Crippen LogP contribution is -2.50. The van der Waals surface area contributed by atoms with Crippen LogP contribution in [-0.4, -0.2) is 31.1 Å². The number of esters is 1. The summed E-state index contributed by atoms with van der Waals surface area (Å²) in [6.07, 6.45) is 4.68.